The second-order valence-electron chi connectivity index (χ2n) is 3.46. The molecule has 0 amide bonds. The number of phenols is 1. The predicted molar refractivity (Wildman–Crippen MR) is 62.8 cm³/mol. The smallest absolute Gasteiger partial charge is 0.126 e. The molecule has 0 unspecified atom stereocenters. The number of phenolic OH excluding ortho intramolecular Hbond substituents is 1. The van der Waals surface area contributed by atoms with Crippen LogP contribution in [0, 0.1) is 13.8 Å². The third kappa shape index (κ3) is 1.22. The highest BCUT2D eigenvalue weighted by Gasteiger charge is 2.10. The van der Waals surface area contributed by atoms with Crippen molar-refractivity contribution >= 4 is 26.7 Å². The van der Waals surface area contributed by atoms with Gasteiger partial charge in [0.2, 0.25) is 0 Å². The Morgan fingerprint density at radius 3 is 2.21 bits per heavy atom. The normalized spacial score (nSPS) is 10.8. The fourth-order valence-electron chi connectivity index (χ4n) is 1.63. The zero-order valence-electron chi connectivity index (χ0n) is 8.13. The van der Waals surface area contributed by atoms with Gasteiger partial charge in [-0.1, -0.05) is 24.3 Å². The number of fused-ring (bicyclic) bond motifs is 1. The van der Waals surface area contributed by atoms with Crippen LogP contribution in [0.5, 0.6) is 5.75 Å². The van der Waals surface area contributed by atoms with Crippen LogP contribution >= 0.6 is 15.9 Å². The first-order valence-corrected chi connectivity index (χ1v) is 5.28. The minimum absolute atomic E-state index is 0.390. The van der Waals surface area contributed by atoms with E-state index in [1.54, 1.807) is 0 Å². The molecule has 0 spiro atoms. The lowest BCUT2D eigenvalue weighted by Gasteiger charge is -2.10. The van der Waals surface area contributed by atoms with Gasteiger partial charge in [-0.15, -0.1) is 0 Å². The average molecular weight is 251 g/mol. The van der Waals surface area contributed by atoms with E-state index in [2.05, 4.69) is 15.9 Å². The van der Waals surface area contributed by atoms with Crippen LogP contribution < -0.4 is 0 Å². The first kappa shape index (κ1) is 9.53. The van der Waals surface area contributed by atoms with Crippen LogP contribution in [0.4, 0.5) is 0 Å². The standard InChI is InChI=1S/C12H11BrO/c1-7-8(2)12(14)10-6-4-3-5-9(10)11(7)13/h3-6,14H,1-2H3. The monoisotopic (exact) mass is 250 g/mol. The Morgan fingerprint density at radius 1 is 1.00 bits per heavy atom. The molecule has 0 saturated carbocycles. The molecular weight excluding hydrogens is 240 g/mol. The highest BCUT2D eigenvalue weighted by Crippen LogP contribution is 2.37. The SMILES string of the molecule is Cc1c(C)c(Br)c2ccccc2c1O. The number of benzene rings is 2. The molecule has 1 nitrogen and oxygen atoms in total. The Kier molecular flexibility index (Phi) is 2.23. The lowest BCUT2D eigenvalue weighted by Crippen LogP contribution is -1.87. The maximum Gasteiger partial charge on any atom is 0.126 e. The molecule has 0 aromatic heterocycles. The predicted octanol–water partition coefficient (Wildman–Crippen LogP) is 3.92. The van der Waals surface area contributed by atoms with Gasteiger partial charge >= 0.3 is 0 Å². The van der Waals surface area contributed by atoms with E-state index in [9.17, 15) is 5.11 Å². The Labute approximate surface area is 91.5 Å². The molecule has 0 heterocycles. The van der Waals surface area contributed by atoms with Crippen LogP contribution in [0.15, 0.2) is 28.7 Å². The molecule has 2 heteroatoms. The fraction of sp³-hybridized carbons (Fsp3) is 0.167. The van der Waals surface area contributed by atoms with Crippen LogP contribution in [0.3, 0.4) is 0 Å². The lowest BCUT2D eigenvalue weighted by molar-refractivity contribution is 0.477. The molecule has 2 rings (SSSR count). The quantitative estimate of drug-likeness (QED) is 0.752. The molecule has 0 aliphatic heterocycles. The van der Waals surface area contributed by atoms with Crippen molar-refractivity contribution in [2.24, 2.45) is 0 Å². The molecule has 0 aliphatic carbocycles. The summed E-state index contributed by atoms with van der Waals surface area (Å²) in [6.07, 6.45) is 0. The Balaban J connectivity index is 3.02. The van der Waals surface area contributed by atoms with Crippen molar-refractivity contribution in [1.82, 2.24) is 0 Å². The van der Waals surface area contributed by atoms with E-state index < -0.39 is 0 Å². The minimum Gasteiger partial charge on any atom is -0.507 e. The summed E-state index contributed by atoms with van der Waals surface area (Å²) in [5, 5.41) is 11.9. The Morgan fingerprint density at radius 2 is 1.57 bits per heavy atom. The van der Waals surface area contributed by atoms with E-state index >= 15 is 0 Å². The van der Waals surface area contributed by atoms with Crippen LogP contribution in [-0.4, -0.2) is 5.11 Å². The lowest BCUT2D eigenvalue weighted by atomic mass is 10.0. The van der Waals surface area contributed by atoms with E-state index in [1.807, 2.05) is 38.1 Å². The second-order valence-corrected chi connectivity index (χ2v) is 4.25. The van der Waals surface area contributed by atoms with Crippen molar-refractivity contribution in [3.8, 4) is 5.75 Å². The summed E-state index contributed by atoms with van der Waals surface area (Å²) in [5.74, 6) is 0.390. The number of rotatable bonds is 0. The molecule has 0 aliphatic rings. The molecule has 1 N–H and O–H groups in total. The summed E-state index contributed by atoms with van der Waals surface area (Å²) in [5.41, 5.74) is 2.04. The molecule has 72 valence electrons. The number of hydrogen-bond donors (Lipinski definition) is 1. The van der Waals surface area contributed by atoms with Crippen LogP contribution in [0.2, 0.25) is 0 Å². The van der Waals surface area contributed by atoms with E-state index in [0.29, 0.717) is 5.75 Å². The van der Waals surface area contributed by atoms with Gasteiger partial charge < -0.3 is 5.11 Å². The molecule has 0 atom stereocenters. The third-order valence-corrected chi connectivity index (χ3v) is 3.69. The molecule has 0 radical (unpaired) electrons. The first-order chi connectivity index (χ1) is 6.63. The third-order valence-electron chi connectivity index (χ3n) is 2.67. The minimum atomic E-state index is 0.390. The van der Waals surface area contributed by atoms with E-state index in [0.717, 1.165) is 26.4 Å². The second kappa shape index (κ2) is 3.28. The van der Waals surface area contributed by atoms with Crippen LogP contribution in [-0.2, 0) is 0 Å². The fourth-order valence-corrected chi connectivity index (χ4v) is 2.27. The zero-order chi connectivity index (χ0) is 10.3. The molecule has 14 heavy (non-hydrogen) atoms. The van der Waals surface area contributed by atoms with Gasteiger partial charge in [0.25, 0.3) is 0 Å². The van der Waals surface area contributed by atoms with Gasteiger partial charge in [-0.25, -0.2) is 0 Å². The number of hydrogen-bond acceptors (Lipinski definition) is 1. The highest BCUT2D eigenvalue weighted by atomic mass is 79.9. The van der Waals surface area contributed by atoms with Gasteiger partial charge in [-0.3, -0.25) is 0 Å². The topological polar surface area (TPSA) is 20.2 Å². The summed E-state index contributed by atoms with van der Waals surface area (Å²) in [6, 6.07) is 7.85. The summed E-state index contributed by atoms with van der Waals surface area (Å²) in [6.45, 7) is 3.94. The zero-order valence-corrected chi connectivity index (χ0v) is 9.72. The largest absolute Gasteiger partial charge is 0.507 e. The van der Waals surface area contributed by atoms with Crippen molar-refractivity contribution in [2.45, 2.75) is 13.8 Å². The summed E-state index contributed by atoms with van der Waals surface area (Å²) >= 11 is 3.55. The molecule has 2 aromatic rings. The first-order valence-electron chi connectivity index (χ1n) is 4.49. The Hall–Kier alpha value is -1.02. The van der Waals surface area contributed by atoms with Crippen LogP contribution in [0.25, 0.3) is 10.8 Å². The Bertz CT molecular complexity index is 457. The van der Waals surface area contributed by atoms with E-state index in [-0.39, 0.29) is 0 Å². The van der Waals surface area contributed by atoms with Crippen molar-refractivity contribution in [1.29, 1.82) is 0 Å². The molecule has 2 aromatic carbocycles. The highest BCUT2D eigenvalue weighted by molar-refractivity contribution is 9.10. The van der Waals surface area contributed by atoms with Gasteiger partial charge in [0.1, 0.15) is 5.75 Å². The molecule has 0 bridgehead atoms. The number of halogens is 1. The summed E-state index contributed by atoms with van der Waals surface area (Å²) < 4.78 is 1.07. The van der Waals surface area contributed by atoms with Crippen molar-refractivity contribution in [2.75, 3.05) is 0 Å². The summed E-state index contributed by atoms with van der Waals surface area (Å²) in [4.78, 5) is 0. The molecular formula is C12H11BrO. The maximum absolute atomic E-state index is 9.94. The maximum atomic E-state index is 9.94. The summed E-state index contributed by atoms with van der Waals surface area (Å²) in [7, 11) is 0. The van der Waals surface area contributed by atoms with Gasteiger partial charge in [0, 0.05) is 9.86 Å². The average Bonchev–Trinajstić information content (AvgIpc) is 2.23. The molecule has 0 saturated heterocycles. The van der Waals surface area contributed by atoms with E-state index in [1.165, 1.54) is 0 Å². The van der Waals surface area contributed by atoms with E-state index in [4.69, 9.17) is 0 Å². The van der Waals surface area contributed by atoms with Crippen molar-refractivity contribution < 1.29 is 5.11 Å². The molecule has 0 fully saturated rings. The van der Waals surface area contributed by atoms with Gasteiger partial charge in [-0.2, -0.15) is 0 Å². The van der Waals surface area contributed by atoms with Gasteiger partial charge in [0.05, 0.1) is 0 Å². The van der Waals surface area contributed by atoms with Crippen molar-refractivity contribution in [3.63, 3.8) is 0 Å². The van der Waals surface area contributed by atoms with Gasteiger partial charge in [0.15, 0.2) is 0 Å². The number of aromatic hydroxyl groups is 1. The van der Waals surface area contributed by atoms with Crippen LogP contribution in [0.1, 0.15) is 11.1 Å². The van der Waals surface area contributed by atoms with Crippen molar-refractivity contribution in [3.05, 3.63) is 39.9 Å². The van der Waals surface area contributed by atoms with Gasteiger partial charge in [-0.05, 0) is 46.3 Å².